The molecule has 1 fully saturated rings. The summed E-state index contributed by atoms with van der Waals surface area (Å²) < 4.78 is 0. The van der Waals surface area contributed by atoms with E-state index >= 15 is 0 Å². The molecule has 0 heterocycles. The van der Waals surface area contributed by atoms with Gasteiger partial charge in [-0.3, -0.25) is 21.0 Å². The summed E-state index contributed by atoms with van der Waals surface area (Å²) in [5.41, 5.74) is 5.86. The number of thiocarbonyl (C=S) groups is 2. The number of benzene rings is 1. The molecule has 3 atom stereocenters. The second-order valence-corrected chi connectivity index (χ2v) is 7.70. The highest BCUT2D eigenvalue weighted by Gasteiger charge is 2.27. The highest BCUT2D eigenvalue weighted by molar-refractivity contribution is 7.80. The van der Waals surface area contributed by atoms with Gasteiger partial charge in [0.2, 0.25) is 0 Å². The third-order valence-electron chi connectivity index (χ3n) is 4.72. The van der Waals surface area contributed by atoms with Gasteiger partial charge in [-0.05, 0) is 48.8 Å². The van der Waals surface area contributed by atoms with E-state index in [-0.39, 0.29) is 10.8 Å². The Morgan fingerprint density at radius 2 is 1.92 bits per heavy atom. The van der Waals surface area contributed by atoms with Gasteiger partial charge in [0.05, 0.1) is 15.6 Å². The van der Waals surface area contributed by atoms with Crippen molar-refractivity contribution in [2.24, 2.45) is 11.8 Å². The fourth-order valence-corrected chi connectivity index (χ4v) is 3.51. The van der Waals surface area contributed by atoms with E-state index in [0.717, 1.165) is 6.42 Å². The fraction of sp³-hybridized carbons (Fsp3) is 0.500. The Morgan fingerprint density at radius 3 is 2.62 bits per heavy atom. The average Bonchev–Trinajstić information content (AvgIpc) is 2.59. The van der Waals surface area contributed by atoms with Gasteiger partial charge in [0.15, 0.2) is 10.2 Å². The number of anilines is 1. The van der Waals surface area contributed by atoms with Gasteiger partial charge in [0.25, 0.3) is 5.69 Å². The zero-order valence-electron chi connectivity index (χ0n) is 14.5. The van der Waals surface area contributed by atoms with Gasteiger partial charge in [-0.2, -0.15) is 0 Å². The van der Waals surface area contributed by atoms with E-state index in [4.69, 9.17) is 36.0 Å². The van der Waals surface area contributed by atoms with Crippen molar-refractivity contribution in [2.75, 3.05) is 5.32 Å². The minimum absolute atomic E-state index is 0.0785. The number of rotatable bonds is 3. The molecule has 1 aliphatic carbocycles. The van der Waals surface area contributed by atoms with Crippen molar-refractivity contribution in [3.8, 4) is 0 Å². The molecule has 1 aromatic rings. The van der Waals surface area contributed by atoms with Gasteiger partial charge in [0.1, 0.15) is 0 Å². The summed E-state index contributed by atoms with van der Waals surface area (Å²) in [7, 11) is 0. The minimum atomic E-state index is -0.498. The smallest absolute Gasteiger partial charge is 0.271 e. The zero-order chi connectivity index (χ0) is 19.3. The molecule has 1 saturated carbocycles. The SMILES string of the molecule is C[C@@H]1[C@H](C)CCC[C@@H]1NC(=S)NNC(=S)Nc1cc([N+](=O)[O-])ccc1Cl. The summed E-state index contributed by atoms with van der Waals surface area (Å²) in [5.74, 6) is 1.20. The van der Waals surface area contributed by atoms with E-state index in [2.05, 4.69) is 35.3 Å². The van der Waals surface area contributed by atoms with Crippen molar-refractivity contribution < 1.29 is 4.92 Å². The van der Waals surface area contributed by atoms with Crippen LogP contribution in [-0.4, -0.2) is 21.2 Å². The van der Waals surface area contributed by atoms with E-state index in [1.54, 1.807) is 0 Å². The molecule has 0 amide bonds. The van der Waals surface area contributed by atoms with Crippen LogP contribution in [0.1, 0.15) is 33.1 Å². The average molecular weight is 416 g/mol. The Kier molecular flexibility index (Phi) is 7.36. The molecule has 1 aliphatic rings. The molecular weight excluding hydrogens is 394 g/mol. The van der Waals surface area contributed by atoms with Crippen molar-refractivity contribution in [1.29, 1.82) is 0 Å². The van der Waals surface area contributed by atoms with Crippen LogP contribution in [-0.2, 0) is 0 Å². The van der Waals surface area contributed by atoms with Crippen molar-refractivity contribution in [2.45, 2.75) is 39.2 Å². The lowest BCUT2D eigenvalue weighted by atomic mass is 9.78. The Bertz CT molecular complexity index is 703. The Balaban J connectivity index is 1.84. The number of nitrogens with zero attached hydrogens (tertiary/aromatic N) is 1. The quantitative estimate of drug-likeness (QED) is 0.337. The number of nitro benzene ring substituents is 1. The highest BCUT2D eigenvalue weighted by Crippen LogP contribution is 2.29. The van der Waals surface area contributed by atoms with Crippen LogP contribution < -0.4 is 21.5 Å². The standard InChI is InChI=1S/C16H22ClN5O2S2/c1-9-4-3-5-13(10(9)2)18-15(25)20-21-16(26)19-14-8-11(22(23)24)6-7-12(14)17/h6-10,13H,3-5H2,1-2H3,(H2,18,20,25)(H2,19,21,26)/t9-,10-,13+/m1/s1. The van der Waals surface area contributed by atoms with Crippen molar-refractivity contribution in [3.05, 3.63) is 33.3 Å². The van der Waals surface area contributed by atoms with Gasteiger partial charge in [-0.1, -0.05) is 38.3 Å². The summed E-state index contributed by atoms with van der Waals surface area (Å²) >= 11 is 16.5. The van der Waals surface area contributed by atoms with E-state index in [1.807, 2.05) is 0 Å². The first-order valence-electron chi connectivity index (χ1n) is 8.35. The topological polar surface area (TPSA) is 91.3 Å². The molecule has 0 saturated heterocycles. The maximum Gasteiger partial charge on any atom is 0.271 e. The summed E-state index contributed by atoms with van der Waals surface area (Å²) in [5, 5.41) is 17.9. The summed E-state index contributed by atoms with van der Waals surface area (Å²) in [6, 6.07) is 4.41. The van der Waals surface area contributed by atoms with Crippen LogP contribution in [0.15, 0.2) is 18.2 Å². The number of halogens is 1. The van der Waals surface area contributed by atoms with Crippen LogP contribution in [0.4, 0.5) is 11.4 Å². The van der Waals surface area contributed by atoms with Crippen LogP contribution >= 0.6 is 36.0 Å². The second kappa shape index (κ2) is 9.29. The van der Waals surface area contributed by atoms with Gasteiger partial charge in [-0.15, -0.1) is 0 Å². The van der Waals surface area contributed by atoms with Crippen LogP contribution in [0.5, 0.6) is 0 Å². The van der Waals surface area contributed by atoms with Gasteiger partial charge in [-0.25, -0.2) is 0 Å². The number of nitro groups is 1. The Labute approximate surface area is 168 Å². The summed E-state index contributed by atoms with van der Waals surface area (Å²) in [4.78, 5) is 10.4. The van der Waals surface area contributed by atoms with Crippen LogP contribution in [0.2, 0.25) is 5.02 Å². The molecule has 26 heavy (non-hydrogen) atoms. The van der Waals surface area contributed by atoms with Crippen LogP contribution in [0, 0.1) is 22.0 Å². The lowest BCUT2D eigenvalue weighted by molar-refractivity contribution is -0.384. The normalized spacial score (nSPS) is 22.2. The predicted octanol–water partition coefficient (Wildman–Crippen LogP) is 3.74. The first-order valence-corrected chi connectivity index (χ1v) is 9.55. The number of non-ortho nitro benzene ring substituents is 1. The molecule has 0 aliphatic heterocycles. The number of nitrogens with one attached hydrogen (secondary N) is 4. The summed E-state index contributed by atoms with van der Waals surface area (Å²) in [6.07, 6.45) is 3.51. The molecule has 0 radical (unpaired) electrons. The third-order valence-corrected chi connectivity index (χ3v) is 5.48. The molecule has 1 aromatic carbocycles. The van der Waals surface area contributed by atoms with Crippen LogP contribution in [0.25, 0.3) is 0 Å². The molecule has 0 unspecified atom stereocenters. The monoisotopic (exact) mass is 415 g/mol. The highest BCUT2D eigenvalue weighted by atomic mass is 35.5. The Morgan fingerprint density at radius 1 is 1.23 bits per heavy atom. The molecule has 0 aromatic heterocycles. The van der Waals surface area contributed by atoms with E-state index in [9.17, 15) is 10.1 Å². The molecule has 10 heteroatoms. The number of hydrogen-bond acceptors (Lipinski definition) is 4. The molecular formula is C16H22ClN5O2S2. The lowest BCUT2D eigenvalue weighted by Gasteiger charge is -2.35. The van der Waals surface area contributed by atoms with Crippen molar-refractivity contribution in [3.63, 3.8) is 0 Å². The largest absolute Gasteiger partial charge is 0.358 e. The van der Waals surface area contributed by atoms with Gasteiger partial charge >= 0.3 is 0 Å². The Hall–Kier alpha value is -1.71. The number of hydrazine groups is 1. The first kappa shape index (κ1) is 20.6. The minimum Gasteiger partial charge on any atom is -0.358 e. The molecule has 0 spiro atoms. The number of hydrogen-bond donors (Lipinski definition) is 4. The molecule has 2 rings (SSSR count). The van der Waals surface area contributed by atoms with Crippen LogP contribution in [0.3, 0.4) is 0 Å². The molecule has 4 N–H and O–H groups in total. The van der Waals surface area contributed by atoms with Gasteiger partial charge < -0.3 is 10.6 Å². The van der Waals surface area contributed by atoms with E-state index < -0.39 is 4.92 Å². The molecule has 142 valence electrons. The maximum absolute atomic E-state index is 10.9. The lowest BCUT2D eigenvalue weighted by Crippen LogP contribution is -2.53. The fourth-order valence-electron chi connectivity index (χ4n) is 2.98. The molecule has 0 bridgehead atoms. The van der Waals surface area contributed by atoms with E-state index in [0.29, 0.717) is 33.7 Å². The van der Waals surface area contributed by atoms with Crippen molar-refractivity contribution >= 4 is 57.6 Å². The maximum atomic E-state index is 10.9. The second-order valence-electron chi connectivity index (χ2n) is 6.47. The zero-order valence-corrected chi connectivity index (χ0v) is 16.9. The third kappa shape index (κ3) is 5.65. The van der Waals surface area contributed by atoms with Gasteiger partial charge in [0, 0.05) is 18.2 Å². The van der Waals surface area contributed by atoms with E-state index in [1.165, 1.54) is 31.0 Å². The molecule has 7 nitrogen and oxygen atoms in total. The first-order chi connectivity index (χ1) is 12.3. The predicted molar refractivity (Wildman–Crippen MR) is 112 cm³/mol. The summed E-state index contributed by atoms with van der Waals surface area (Å²) in [6.45, 7) is 4.49. The van der Waals surface area contributed by atoms with Crippen molar-refractivity contribution in [1.82, 2.24) is 16.2 Å².